The summed E-state index contributed by atoms with van der Waals surface area (Å²) in [4.78, 5) is 23.7. The Morgan fingerprint density at radius 2 is 2.10 bits per heavy atom. The largest absolute Gasteiger partial charge is 0.465 e. The molecule has 0 bridgehead atoms. The molecule has 0 aliphatic heterocycles. The van der Waals surface area contributed by atoms with E-state index in [0.717, 1.165) is 8.66 Å². The minimum Gasteiger partial charge on any atom is -0.465 e. The zero-order valence-electron chi connectivity index (χ0n) is 12.7. The van der Waals surface area contributed by atoms with E-state index in [1.165, 1.54) is 0 Å². The lowest BCUT2D eigenvalue weighted by Crippen LogP contribution is -2.40. The van der Waals surface area contributed by atoms with Crippen LogP contribution < -0.4 is 0 Å². The van der Waals surface area contributed by atoms with Crippen molar-refractivity contribution in [1.82, 2.24) is 0 Å². The van der Waals surface area contributed by atoms with Gasteiger partial charge in [0.2, 0.25) is 0 Å². The molecule has 1 atom stereocenters. The lowest BCUT2D eigenvalue weighted by Gasteiger charge is -2.37. The molecule has 20 heavy (non-hydrogen) atoms. The summed E-state index contributed by atoms with van der Waals surface area (Å²) < 4.78 is 6.21. The molecule has 0 saturated carbocycles. The molecule has 0 saturated heterocycles. The van der Waals surface area contributed by atoms with Crippen molar-refractivity contribution in [3.05, 3.63) is 20.8 Å². The van der Waals surface area contributed by atoms with Crippen LogP contribution in [0.4, 0.5) is 0 Å². The average Bonchev–Trinajstić information content (AvgIpc) is 2.71. The van der Waals surface area contributed by atoms with Crippen molar-refractivity contribution >= 4 is 41.6 Å². The first kappa shape index (κ1) is 17.9. The topological polar surface area (TPSA) is 46.5 Å². The highest BCUT2D eigenvalue weighted by atomic mass is 79.9. The highest BCUT2D eigenvalue weighted by Crippen LogP contribution is 2.45. The van der Waals surface area contributed by atoms with Gasteiger partial charge in [0, 0.05) is 4.88 Å². The SMILES string of the molecule is CCOC(=O)C(CC(C)(C)[Si](C)(C)O)c1ccc(Br)s1. The molecule has 1 rings (SSSR count). The van der Waals surface area contributed by atoms with Crippen molar-refractivity contribution in [2.24, 2.45) is 0 Å². The van der Waals surface area contributed by atoms with Gasteiger partial charge in [-0.1, -0.05) is 13.8 Å². The van der Waals surface area contributed by atoms with Gasteiger partial charge in [0.15, 0.2) is 8.32 Å². The molecule has 0 spiro atoms. The predicted molar refractivity (Wildman–Crippen MR) is 89.8 cm³/mol. The molecule has 0 fully saturated rings. The van der Waals surface area contributed by atoms with E-state index in [4.69, 9.17) is 4.74 Å². The van der Waals surface area contributed by atoms with Gasteiger partial charge in [-0.2, -0.15) is 0 Å². The minimum atomic E-state index is -2.36. The van der Waals surface area contributed by atoms with Gasteiger partial charge in [-0.15, -0.1) is 11.3 Å². The molecule has 1 N–H and O–H groups in total. The Kier molecular flexibility index (Phi) is 6.01. The first-order valence-electron chi connectivity index (χ1n) is 6.72. The van der Waals surface area contributed by atoms with Crippen molar-refractivity contribution in [1.29, 1.82) is 0 Å². The van der Waals surface area contributed by atoms with Gasteiger partial charge in [0.25, 0.3) is 0 Å². The van der Waals surface area contributed by atoms with Crippen LogP contribution in [-0.2, 0) is 9.53 Å². The van der Waals surface area contributed by atoms with Crippen LogP contribution in [0.25, 0.3) is 0 Å². The van der Waals surface area contributed by atoms with Crippen LogP contribution in [0, 0.1) is 0 Å². The Labute approximate surface area is 134 Å². The minimum absolute atomic E-state index is 0.201. The summed E-state index contributed by atoms with van der Waals surface area (Å²) in [5, 5.41) is -0.263. The molecule has 1 heterocycles. The van der Waals surface area contributed by atoms with Crippen molar-refractivity contribution in [2.75, 3.05) is 6.61 Å². The van der Waals surface area contributed by atoms with Crippen LogP contribution in [0.15, 0.2) is 15.9 Å². The Morgan fingerprint density at radius 3 is 2.50 bits per heavy atom. The molecule has 1 unspecified atom stereocenters. The summed E-state index contributed by atoms with van der Waals surface area (Å²) in [6.07, 6.45) is 0.606. The second-order valence-electron chi connectivity index (χ2n) is 6.09. The highest BCUT2D eigenvalue weighted by Gasteiger charge is 2.42. The molecule has 1 aromatic heterocycles. The molecule has 0 radical (unpaired) electrons. The van der Waals surface area contributed by atoms with Crippen molar-refractivity contribution in [3.63, 3.8) is 0 Å². The molecular weight excluding hydrogens is 356 g/mol. The molecular formula is C14H23BrO3SSi. The van der Waals surface area contributed by atoms with Crippen LogP contribution in [0.1, 0.15) is 38.0 Å². The number of hydrogen-bond acceptors (Lipinski definition) is 4. The summed E-state index contributed by atoms with van der Waals surface area (Å²) in [7, 11) is -2.36. The summed E-state index contributed by atoms with van der Waals surface area (Å²) in [5.74, 6) is -0.506. The standard InChI is InChI=1S/C14H23BrO3SSi/c1-6-18-13(16)10(11-7-8-12(15)19-11)9-14(2,3)20(4,5)17/h7-8,10,17H,6,9H2,1-5H3. The average molecular weight is 379 g/mol. The molecule has 0 aliphatic carbocycles. The fraction of sp³-hybridized carbons (Fsp3) is 0.643. The lowest BCUT2D eigenvalue weighted by atomic mass is 9.95. The molecule has 1 aromatic rings. The Morgan fingerprint density at radius 1 is 1.50 bits per heavy atom. The second-order valence-corrected chi connectivity index (χ2v) is 13.1. The van der Waals surface area contributed by atoms with Crippen molar-refractivity contribution in [2.45, 2.75) is 51.2 Å². The van der Waals surface area contributed by atoms with Crippen LogP contribution in [0.5, 0.6) is 0 Å². The summed E-state index contributed by atoms with van der Waals surface area (Å²) in [6.45, 7) is 10.1. The summed E-state index contributed by atoms with van der Waals surface area (Å²) in [5.41, 5.74) is 0. The third kappa shape index (κ3) is 4.41. The Balaban J connectivity index is 3.04. The van der Waals surface area contributed by atoms with Crippen molar-refractivity contribution < 1.29 is 14.3 Å². The molecule has 0 amide bonds. The van der Waals surface area contributed by atoms with E-state index in [9.17, 15) is 9.59 Å². The monoisotopic (exact) mass is 378 g/mol. The van der Waals surface area contributed by atoms with Gasteiger partial charge in [-0.3, -0.25) is 4.79 Å². The van der Waals surface area contributed by atoms with Crippen LogP contribution in [0.3, 0.4) is 0 Å². The second kappa shape index (κ2) is 6.73. The fourth-order valence-electron chi connectivity index (χ4n) is 1.82. The number of rotatable bonds is 6. The number of halogens is 1. The predicted octanol–water partition coefficient (Wildman–Crippen LogP) is 4.53. The maximum Gasteiger partial charge on any atom is 0.314 e. The third-order valence-corrected chi connectivity index (χ3v) is 9.13. The van der Waals surface area contributed by atoms with Crippen LogP contribution >= 0.6 is 27.3 Å². The summed E-state index contributed by atoms with van der Waals surface area (Å²) in [6, 6.07) is 3.90. The van der Waals surface area contributed by atoms with E-state index in [0.29, 0.717) is 13.0 Å². The number of hydrogen-bond donors (Lipinski definition) is 1. The Bertz CT molecular complexity index is 465. The normalized spacial score (nSPS) is 14.2. The van der Waals surface area contributed by atoms with E-state index in [1.807, 2.05) is 46.0 Å². The zero-order chi connectivity index (χ0) is 15.6. The lowest BCUT2D eigenvalue weighted by molar-refractivity contribution is -0.145. The van der Waals surface area contributed by atoms with Gasteiger partial charge in [-0.25, -0.2) is 0 Å². The van der Waals surface area contributed by atoms with E-state index in [2.05, 4.69) is 15.9 Å². The van der Waals surface area contributed by atoms with Gasteiger partial charge in [-0.05, 0) is 59.5 Å². The fourth-order valence-corrected chi connectivity index (χ4v) is 4.03. The molecule has 0 aromatic carbocycles. The first-order chi connectivity index (χ1) is 9.08. The van der Waals surface area contributed by atoms with Crippen LogP contribution in [-0.4, -0.2) is 25.7 Å². The van der Waals surface area contributed by atoms with Gasteiger partial charge in [0.05, 0.1) is 16.3 Å². The van der Waals surface area contributed by atoms with E-state index in [1.54, 1.807) is 11.3 Å². The highest BCUT2D eigenvalue weighted by molar-refractivity contribution is 9.11. The molecule has 6 heteroatoms. The quantitative estimate of drug-likeness (QED) is 0.584. The number of thiophene rings is 1. The molecule has 114 valence electrons. The molecule has 3 nitrogen and oxygen atoms in total. The maximum atomic E-state index is 12.3. The summed E-state index contributed by atoms with van der Waals surface area (Å²) >= 11 is 4.98. The first-order valence-corrected chi connectivity index (χ1v) is 11.3. The van der Waals surface area contributed by atoms with Gasteiger partial charge < -0.3 is 9.53 Å². The number of ether oxygens (including phenoxy) is 1. The van der Waals surface area contributed by atoms with E-state index in [-0.39, 0.29) is 16.9 Å². The third-order valence-electron chi connectivity index (χ3n) is 3.88. The van der Waals surface area contributed by atoms with E-state index < -0.39 is 8.32 Å². The Hall–Kier alpha value is -0.173. The number of carbonyl (C=O) groups excluding carboxylic acids is 1. The number of esters is 1. The maximum absolute atomic E-state index is 12.3. The van der Waals surface area contributed by atoms with Gasteiger partial charge in [0.1, 0.15) is 0 Å². The molecule has 0 aliphatic rings. The van der Waals surface area contributed by atoms with Crippen LogP contribution in [0.2, 0.25) is 18.1 Å². The van der Waals surface area contributed by atoms with Gasteiger partial charge >= 0.3 is 5.97 Å². The smallest absolute Gasteiger partial charge is 0.314 e. The zero-order valence-corrected chi connectivity index (χ0v) is 16.1. The van der Waals surface area contributed by atoms with Crippen molar-refractivity contribution in [3.8, 4) is 0 Å². The van der Waals surface area contributed by atoms with E-state index >= 15 is 0 Å². The number of carbonyl (C=O) groups is 1.